The second-order valence-electron chi connectivity index (χ2n) is 6.51. The minimum absolute atomic E-state index is 0. The lowest BCUT2D eigenvalue weighted by Gasteiger charge is -2.24. The third kappa shape index (κ3) is 4.28. The predicted molar refractivity (Wildman–Crippen MR) is 97.4 cm³/mol. The van der Waals surface area contributed by atoms with Crippen LogP contribution in [0.1, 0.15) is 44.2 Å². The van der Waals surface area contributed by atoms with E-state index in [1.54, 1.807) is 0 Å². The van der Waals surface area contributed by atoms with E-state index in [1.165, 1.54) is 0 Å². The first-order valence-electron chi connectivity index (χ1n) is 8.56. The lowest BCUT2D eigenvalue weighted by molar-refractivity contribution is -0.126. The van der Waals surface area contributed by atoms with Crippen LogP contribution in [0.5, 0.6) is 0 Å². The summed E-state index contributed by atoms with van der Waals surface area (Å²) < 4.78 is 0. The summed E-state index contributed by atoms with van der Waals surface area (Å²) in [6.45, 7) is 4.59. The molecule has 2 aliphatic heterocycles. The number of amides is 2. The molecule has 6 heteroatoms. The molecule has 0 bridgehead atoms. The van der Waals surface area contributed by atoms with Gasteiger partial charge >= 0.3 is 0 Å². The SMILES string of the molecule is CC(NC(=O)C1CCCNC1)c1ccc(N2CCCC2=O)cc1.Cl. The molecule has 0 spiro atoms. The molecule has 24 heavy (non-hydrogen) atoms. The minimum atomic E-state index is -0.0206. The summed E-state index contributed by atoms with van der Waals surface area (Å²) in [6.07, 6.45) is 3.60. The third-order valence-corrected chi connectivity index (χ3v) is 4.80. The summed E-state index contributed by atoms with van der Waals surface area (Å²) in [6, 6.07) is 7.94. The Bertz CT molecular complexity index is 570. The molecule has 2 saturated heterocycles. The fraction of sp³-hybridized carbons (Fsp3) is 0.556. The number of hydrogen-bond acceptors (Lipinski definition) is 3. The van der Waals surface area contributed by atoms with Crippen LogP contribution in [0.15, 0.2) is 24.3 Å². The maximum atomic E-state index is 12.3. The summed E-state index contributed by atoms with van der Waals surface area (Å²) in [5, 5.41) is 6.38. The summed E-state index contributed by atoms with van der Waals surface area (Å²) in [5.41, 5.74) is 2.02. The second-order valence-corrected chi connectivity index (χ2v) is 6.51. The van der Waals surface area contributed by atoms with E-state index < -0.39 is 0 Å². The van der Waals surface area contributed by atoms with Crippen LogP contribution in [0, 0.1) is 5.92 Å². The van der Waals surface area contributed by atoms with Crippen LogP contribution in [-0.2, 0) is 9.59 Å². The zero-order chi connectivity index (χ0) is 16.2. The van der Waals surface area contributed by atoms with Crippen LogP contribution in [-0.4, -0.2) is 31.4 Å². The van der Waals surface area contributed by atoms with Crippen molar-refractivity contribution >= 4 is 29.9 Å². The summed E-state index contributed by atoms with van der Waals surface area (Å²) in [7, 11) is 0. The monoisotopic (exact) mass is 351 g/mol. The average Bonchev–Trinajstić information content (AvgIpc) is 3.02. The van der Waals surface area contributed by atoms with Gasteiger partial charge in [-0.1, -0.05) is 12.1 Å². The number of benzene rings is 1. The van der Waals surface area contributed by atoms with Crippen LogP contribution in [0.25, 0.3) is 0 Å². The number of nitrogens with one attached hydrogen (secondary N) is 2. The predicted octanol–water partition coefficient (Wildman–Crippen LogP) is 2.41. The van der Waals surface area contributed by atoms with Gasteiger partial charge in [0.25, 0.3) is 0 Å². The van der Waals surface area contributed by atoms with Gasteiger partial charge < -0.3 is 15.5 Å². The first-order chi connectivity index (χ1) is 11.1. The van der Waals surface area contributed by atoms with Crippen LogP contribution in [0.3, 0.4) is 0 Å². The molecular formula is C18H26ClN3O2. The highest BCUT2D eigenvalue weighted by Gasteiger charge is 2.23. The molecule has 2 heterocycles. The van der Waals surface area contributed by atoms with Crippen molar-refractivity contribution in [3.63, 3.8) is 0 Å². The molecule has 2 fully saturated rings. The molecule has 2 atom stereocenters. The molecule has 132 valence electrons. The van der Waals surface area contributed by atoms with Gasteiger partial charge in [0.15, 0.2) is 0 Å². The Balaban J connectivity index is 0.00000208. The van der Waals surface area contributed by atoms with Crippen molar-refractivity contribution in [2.75, 3.05) is 24.5 Å². The van der Waals surface area contributed by atoms with Crippen molar-refractivity contribution in [2.24, 2.45) is 5.92 Å². The van der Waals surface area contributed by atoms with E-state index in [9.17, 15) is 9.59 Å². The highest BCUT2D eigenvalue weighted by atomic mass is 35.5. The van der Waals surface area contributed by atoms with Gasteiger partial charge in [0.05, 0.1) is 12.0 Å². The molecule has 3 rings (SSSR count). The second kappa shape index (κ2) is 8.49. The number of piperidine rings is 1. The van der Waals surface area contributed by atoms with Gasteiger partial charge in [-0.05, 0) is 50.4 Å². The number of anilines is 1. The van der Waals surface area contributed by atoms with E-state index in [0.29, 0.717) is 6.42 Å². The number of hydrogen-bond donors (Lipinski definition) is 2. The molecule has 0 aliphatic carbocycles. The van der Waals surface area contributed by atoms with E-state index in [2.05, 4.69) is 10.6 Å². The van der Waals surface area contributed by atoms with Crippen LogP contribution >= 0.6 is 12.4 Å². The Labute approximate surface area is 149 Å². The third-order valence-electron chi connectivity index (χ3n) is 4.80. The standard InChI is InChI=1S/C18H25N3O2.ClH/c1-13(20-18(23)15-4-2-10-19-12-15)14-6-8-16(9-7-14)21-11-3-5-17(21)22;/h6-9,13,15,19H,2-5,10-12H2,1H3,(H,20,23);1H. The summed E-state index contributed by atoms with van der Waals surface area (Å²) >= 11 is 0. The molecule has 2 N–H and O–H groups in total. The highest BCUT2D eigenvalue weighted by Crippen LogP contribution is 2.24. The minimum Gasteiger partial charge on any atom is -0.349 e. The van der Waals surface area contributed by atoms with Gasteiger partial charge in [0.2, 0.25) is 11.8 Å². The smallest absolute Gasteiger partial charge is 0.227 e. The molecule has 0 aromatic heterocycles. The number of carbonyl (C=O) groups is 2. The van der Waals surface area contributed by atoms with Gasteiger partial charge in [-0.3, -0.25) is 9.59 Å². The van der Waals surface area contributed by atoms with Gasteiger partial charge in [-0.2, -0.15) is 0 Å². The van der Waals surface area contributed by atoms with Gasteiger partial charge in [-0.25, -0.2) is 0 Å². The molecule has 1 aromatic carbocycles. The van der Waals surface area contributed by atoms with Crippen LogP contribution < -0.4 is 15.5 Å². The van der Waals surface area contributed by atoms with Crippen molar-refractivity contribution in [3.8, 4) is 0 Å². The lowest BCUT2D eigenvalue weighted by Crippen LogP contribution is -2.41. The van der Waals surface area contributed by atoms with Crippen molar-refractivity contribution in [2.45, 2.75) is 38.6 Å². The van der Waals surface area contributed by atoms with Crippen molar-refractivity contribution in [1.82, 2.24) is 10.6 Å². The van der Waals surface area contributed by atoms with Gasteiger partial charge in [0, 0.05) is 25.2 Å². The Kier molecular flexibility index (Phi) is 6.63. The van der Waals surface area contributed by atoms with E-state index in [-0.39, 0.29) is 36.2 Å². The number of nitrogens with zero attached hydrogens (tertiary/aromatic N) is 1. The largest absolute Gasteiger partial charge is 0.349 e. The van der Waals surface area contributed by atoms with Crippen LogP contribution in [0.2, 0.25) is 0 Å². The maximum absolute atomic E-state index is 12.3. The normalized spacial score (nSPS) is 22.0. The zero-order valence-electron chi connectivity index (χ0n) is 14.1. The molecule has 2 unspecified atom stereocenters. The molecule has 2 aliphatic rings. The van der Waals surface area contributed by atoms with E-state index in [4.69, 9.17) is 0 Å². The van der Waals surface area contributed by atoms with E-state index in [1.807, 2.05) is 36.1 Å². The van der Waals surface area contributed by atoms with E-state index in [0.717, 1.165) is 50.1 Å². The number of halogens is 1. The summed E-state index contributed by atoms with van der Waals surface area (Å²) in [4.78, 5) is 25.9. The number of carbonyl (C=O) groups excluding carboxylic acids is 2. The fourth-order valence-corrected chi connectivity index (χ4v) is 3.35. The van der Waals surface area contributed by atoms with E-state index >= 15 is 0 Å². The summed E-state index contributed by atoms with van der Waals surface area (Å²) in [5.74, 6) is 0.403. The zero-order valence-corrected chi connectivity index (χ0v) is 14.9. The molecule has 5 nitrogen and oxygen atoms in total. The quantitative estimate of drug-likeness (QED) is 0.875. The van der Waals surface area contributed by atoms with Gasteiger partial charge in [0.1, 0.15) is 0 Å². The lowest BCUT2D eigenvalue weighted by atomic mass is 9.98. The highest BCUT2D eigenvalue weighted by molar-refractivity contribution is 5.95. The molecular weight excluding hydrogens is 326 g/mol. The molecule has 2 amide bonds. The Hall–Kier alpha value is -1.59. The molecule has 0 saturated carbocycles. The Morgan fingerprint density at radius 2 is 2.04 bits per heavy atom. The Morgan fingerprint density at radius 3 is 2.62 bits per heavy atom. The fourth-order valence-electron chi connectivity index (χ4n) is 3.35. The number of rotatable bonds is 4. The Morgan fingerprint density at radius 1 is 1.29 bits per heavy atom. The molecule has 0 radical (unpaired) electrons. The van der Waals surface area contributed by atoms with Crippen molar-refractivity contribution < 1.29 is 9.59 Å². The van der Waals surface area contributed by atoms with Crippen molar-refractivity contribution in [1.29, 1.82) is 0 Å². The van der Waals surface area contributed by atoms with Crippen LogP contribution in [0.4, 0.5) is 5.69 Å². The first kappa shape index (κ1) is 18.7. The molecule has 1 aromatic rings. The average molecular weight is 352 g/mol. The maximum Gasteiger partial charge on any atom is 0.227 e. The first-order valence-corrected chi connectivity index (χ1v) is 8.56. The van der Waals surface area contributed by atoms with Crippen molar-refractivity contribution in [3.05, 3.63) is 29.8 Å². The topological polar surface area (TPSA) is 61.4 Å². The van der Waals surface area contributed by atoms with Gasteiger partial charge in [-0.15, -0.1) is 12.4 Å².